The molecule has 8 heteroatoms. The molecule has 0 aromatic heterocycles. The van der Waals surface area contributed by atoms with Crippen LogP contribution in [0.3, 0.4) is 0 Å². The lowest BCUT2D eigenvalue weighted by atomic mass is 10.2. The lowest BCUT2D eigenvalue weighted by Crippen LogP contribution is -2.02. The third kappa shape index (κ3) is 4.77. The number of thioether (sulfide) groups is 2. The van der Waals surface area contributed by atoms with Gasteiger partial charge in [0, 0.05) is 9.79 Å². The van der Waals surface area contributed by atoms with Crippen molar-refractivity contribution in [2.75, 3.05) is 7.11 Å². The predicted molar refractivity (Wildman–Crippen MR) is 61.5 cm³/mol. The first-order chi connectivity index (χ1) is 8.42. The molecular formula is C10H8F4O2S2. The van der Waals surface area contributed by atoms with E-state index in [9.17, 15) is 22.4 Å². The van der Waals surface area contributed by atoms with E-state index in [-0.39, 0.29) is 38.9 Å². The Labute approximate surface area is 109 Å². The number of carbonyl (C=O) groups excluding carboxylic acids is 1. The van der Waals surface area contributed by atoms with Crippen molar-refractivity contribution in [1.29, 1.82) is 0 Å². The maximum atomic E-state index is 12.2. The minimum absolute atomic E-state index is 0.0358. The molecule has 0 aliphatic heterocycles. The molecule has 0 aliphatic carbocycles. The largest absolute Gasteiger partial charge is 0.465 e. The Morgan fingerprint density at radius 2 is 1.50 bits per heavy atom. The van der Waals surface area contributed by atoms with Gasteiger partial charge < -0.3 is 4.74 Å². The summed E-state index contributed by atoms with van der Waals surface area (Å²) in [5.41, 5.74) is -0.0358. The summed E-state index contributed by atoms with van der Waals surface area (Å²) in [5, 5.41) is 0. The van der Waals surface area contributed by atoms with Gasteiger partial charge in [0.25, 0.3) is 11.5 Å². The number of alkyl halides is 4. The number of rotatable bonds is 5. The van der Waals surface area contributed by atoms with Crippen molar-refractivity contribution in [3.63, 3.8) is 0 Å². The average Bonchev–Trinajstić information content (AvgIpc) is 2.25. The number of hydrogen-bond acceptors (Lipinski definition) is 4. The van der Waals surface area contributed by atoms with Gasteiger partial charge >= 0.3 is 5.97 Å². The highest BCUT2D eigenvalue weighted by Crippen LogP contribution is 2.33. The highest BCUT2D eigenvalue weighted by Gasteiger charge is 2.14. The summed E-state index contributed by atoms with van der Waals surface area (Å²) < 4.78 is 53.3. The molecular weight excluding hydrogens is 292 g/mol. The highest BCUT2D eigenvalue weighted by molar-refractivity contribution is 8.00. The summed E-state index contributed by atoms with van der Waals surface area (Å²) >= 11 is 0.365. The number of ether oxygens (including phenoxy) is 1. The monoisotopic (exact) mass is 300 g/mol. The fraction of sp³-hybridized carbons (Fsp3) is 0.300. The van der Waals surface area contributed by atoms with Crippen LogP contribution in [0.15, 0.2) is 28.0 Å². The Hall–Kier alpha value is -0.890. The zero-order valence-corrected chi connectivity index (χ0v) is 10.7. The van der Waals surface area contributed by atoms with Gasteiger partial charge in [-0.25, -0.2) is 4.79 Å². The molecule has 0 fully saturated rings. The molecule has 0 N–H and O–H groups in total. The zero-order chi connectivity index (χ0) is 13.7. The van der Waals surface area contributed by atoms with Gasteiger partial charge in [0.05, 0.1) is 12.7 Å². The summed E-state index contributed by atoms with van der Waals surface area (Å²) in [6.07, 6.45) is 0. The van der Waals surface area contributed by atoms with E-state index < -0.39 is 17.5 Å². The van der Waals surface area contributed by atoms with Gasteiger partial charge in [-0.3, -0.25) is 0 Å². The van der Waals surface area contributed by atoms with Gasteiger partial charge in [-0.1, -0.05) is 23.5 Å². The summed E-state index contributed by atoms with van der Waals surface area (Å²) in [5.74, 6) is -6.15. The topological polar surface area (TPSA) is 26.3 Å². The van der Waals surface area contributed by atoms with Gasteiger partial charge in [0.15, 0.2) is 0 Å². The van der Waals surface area contributed by atoms with Crippen LogP contribution in [-0.2, 0) is 4.74 Å². The van der Waals surface area contributed by atoms with Crippen LogP contribution >= 0.6 is 23.5 Å². The van der Waals surface area contributed by atoms with Gasteiger partial charge in [-0.2, -0.15) is 17.6 Å². The van der Waals surface area contributed by atoms with Crippen LogP contribution in [0.25, 0.3) is 0 Å². The van der Waals surface area contributed by atoms with Crippen molar-refractivity contribution in [2.45, 2.75) is 21.3 Å². The second-order valence-corrected chi connectivity index (χ2v) is 5.07. The molecule has 0 unspecified atom stereocenters. The van der Waals surface area contributed by atoms with Crippen LogP contribution in [0, 0.1) is 0 Å². The van der Waals surface area contributed by atoms with Crippen LogP contribution in [0.1, 0.15) is 10.4 Å². The predicted octanol–water partition coefficient (Wildman–Crippen LogP) is 4.10. The van der Waals surface area contributed by atoms with Crippen molar-refractivity contribution >= 4 is 29.5 Å². The van der Waals surface area contributed by atoms with E-state index in [1.807, 2.05) is 0 Å². The standard InChI is InChI=1S/C10H8F4O2S2/c1-16-8(15)5-2-6(17-9(11)12)4-7(3-5)18-10(13)14/h2-4,9-10H,1H3. The zero-order valence-electron chi connectivity index (χ0n) is 9.03. The van der Waals surface area contributed by atoms with Crippen LogP contribution in [0.2, 0.25) is 0 Å². The minimum atomic E-state index is -2.69. The second-order valence-electron chi connectivity index (χ2n) is 2.94. The van der Waals surface area contributed by atoms with Crippen LogP contribution in [-0.4, -0.2) is 24.6 Å². The van der Waals surface area contributed by atoms with Crippen LogP contribution in [0.5, 0.6) is 0 Å². The Morgan fingerprint density at radius 1 is 1.06 bits per heavy atom. The van der Waals surface area contributed by atoms with Crippen molar-refractivity contribution < 1.29 is 27.1 Å². The summed E-state index contributed by atoms with van der Waals surface area (Å²) in [4.78, 5) is 11.3. The van der Waals surface area contributed by atoms with Gasteiger partial charge in [-0.15, -0.1) is 0 Å². The van der Waals surface area contributed by atoms with Crippen LogP contribution < -0.4 is 0 Å². The molecule has 0 atom stereocenters. The molecule has 0 amide bonds. The normalized spacial score (nSPS) is 11.1. The van der Waals surface area contributed by atoms with Gasteiger partial charge in [0.2, 0.25) is 0 Å². The number of benzene rings is 1. The van der Waals surface area contributed by atoms with E-state index >= 15 is 0 Å². The first kappa shape index (κ1) is 15.2. The second kappa shape index (κ2) is 6.89. The summed E-state index contributed by atoms with van der Waals surface area (Å²) in [6, 6.07) is 3.54. The maximum absolute atomic E-state index is 12.2. The van der Waals surface area contributed by atoms with E-state index in [2.05, 4.69) is 4.74 Å². The highest BCUT2D eigenvalue weighted by atomic mass is 32.2. The minimum Gasteiger partial charge on any atom is -0.465 e. The molecule has 0 radical (unpaired) electrons. The fourth-order valence-electron chi connectivity index (χ4n) is 1.15. The van der Waals surface area contributed by atoms with Crippen molar-refractivity contribution in [2.24, 2.45) is 0 Å². The van der Waals surface area contributed by atoms with E-state index in [0.29, 0.717) is 0 Å². The van der Waals surface area contributed by atoms with Crippen molar-refractivity contribution in [3.8, 4) is 0 Å². The Morgan fingerprint density at radius 3 is 1.83 bits per heavy atom. The average molecular weight is 300 g/mol. The Bertz CT molecular complexity index is 398. The third-order valence-corrected chi connectivity index (χ3v) is 3.12. The molecule has 0 heterocycles. The molecule has 0 aliphatic rings. The van der Waals surface area contributed by atoms with Crippen LogP contribution in [0.4, 0.5) is 17.6 Å². The molecule has 0 spiro atoms. The third-order valence-electron chi connectivity index (χ3n) is 1.75. The van der Waals surface area contributed by atoms with Crippen molar-refractivity contribution in [3.05, 3.63) is 23.8 Å². The molecule has 100 valence electrons. The summed E-state index contributed by atoms with van der Waals surface area (Å²) in [6.45, 7) is 0. The number of halogens is 4. The first-order valence-electron chi connectivity index (χ1n) is 4.55. The molecule has 0 saturated carbocycles. The Kier molecular flexibility index (Phi) is 5.80. The number of methoxy groups -OCH3 is 1. The smallest absolute Gasteiger partial charge is 0.337 e. The quantitative estimate of drug-likeness (QED) is 0.464. The lowest BCUT2D eigenvalue weighted by Gasteiger charge is -2.07. The molecule has 0 bridgehead atoms. The molecule has 2 nitrogen and oxygen atoms in total. The molecule has 18 heavy (non-hydrogen) atoms. The number of hydrogen-bond donors (Lipinski definition) is 0. The molecule has 1 rings (SSSR count). The first-order valence-corrected chi connectivity index (χ1v) is 6.31. The van der Waals surface area contributed by atoms with E-state index in [0.717, 1.165) is 7.11 Å². The van der Waals surface area contributed by atoms with E-state index in [4.69, 9.17) is 0 Å². The molecule has 1 aromatic rings. The molecule has 0 saturated heterocycles. The summed E-state index contributed by atoms with van der Waals surface area (Å²) in [7, 11) is 1.12. The molecule has 1 aromatic carbocycles. The van der Waals surface area contributed by atoms with Gasteiger partial charge in [-0.05, 0) is 18.2 Å². The van der Waals surface area contributed by atoms with E-state index in [1.54, 1.807) is 0 Å². The number of carbonyl (C=O) groups is 1. The maximum Gasteiger partial charge on any atom is 0.337 e. The SMILES string of the molecule is COC(=O)c1cc(SC(F)F)cc(SC(F)F)c1. The van der Waals surface area contributed by atoms with E-state index in [1.165, 1.54) is 18.2 Å². The van der Waals surface area contributed by atoms with Gasteiger partial charge in [0.1, 0.15) is 0 Å². The Balaban J connectivity index is 3.07. The van der Waals surface area contributed by atoms with Crippen molar-refractivity contribution in [1.82, 2.24) is 0 Å². The number of esters is 1. The fourth-order valence-corrected chi connectivity index (χ4v) is 2.42. The lowest BCUT2D eigenvalue weighted by molar-refractivity contribution is 0.0600.